The van der Waals surface area contributed by atoms with E-state index in [9.17, 15) is 17.6 Å². The van der Waals surface area contributed by atoms with Crippen molar-refractivity contribution in [1.29, 1.82) is 0 Å². The highest BCUT2D eigenvalue weighted by molar-refractivity contribution is 5.47. The second-order valence-electron chi connectivity index (χ2n) is 5.45. The van der Waals surface area contributed by atoms with Crippen molar-refractivity contribution in [3.8, 4) is 0 Å². The highest BCUT2D eigenvalue weighted by Crippen LogP contribution is 2.32. The Kier molecular flexibility index (Phi) is 9.11. The Balaban J connectivity index is 4.88. The number of rotatable bonds is 11. The van der Waals surface area contributed by atoms with Crippen molar-refractivity contribution in [1.82, 2.24) is 0 Å². The first kappa shape index (κ1) is 22.0. The van der Waals surface area contributed by atoms with E-state index in [1.54, 1.807) is 0 Å². The van der Waals surface area contributed by atoms with E-state index in [0.717, 1.165) is 12.5 Å². The van der Waals surface area contributed by atoms with Crippen LogP contribution in [-0.4, -0.2) is 6.11 Å². The number of hydrogen-bond acceptors (Lipinski definition) is 1. The monoisotopic (exact) mass is 344 g/mol. The van der Waals surface area contributed by atoms with Gasteiger partial charge in [-0.3, -0.25) is 0 Å². The normalized spacial score (nSPS) is 13.7. The van der Waals surface area contributed by atoms with Gasteiger partial charge in [0.1, 0.15) is 17.4 Å². The lowest BCUT2D eigenvalue weighted by molar-refractivity contribution is -0.244. The molecule has 0 spiro atoms. The predicted molar refractivity (Wildman–Crippen MR) is 90.7 cm³/mol. The Morgan fingerprint density at radius 2 is 1.71 bits per heavy atom. The molecule has 1 nitrogen and oxygen atoms in total. The highest BCUT2D eigenvalue weighted by atomic mass is 19.3. The minimum absolute atomic E-state index is 0.0680. The summed E-state index contributed by atoms with van der Waals surface area (Å²) in [5.41, 5.74) is -0.127. The predicted octanol–water partition coefficient (Wildman–Crippen LogP) is 6.94. The van der Waals surface area contributed by atoms with Gasteiger partial charge in [-0.2, -0.15) is 8.78 Å². The van der Waals surface area contributed by atoms with E-state index in [0.29, 0.717) is 12.5 Å². The van der Waals surface area contributed by atoms with Gasteiger partial charge in [0.15, 0.2) is 0 Å². The Bertz CT molecular complexity index is 556. The molecule has 0 amide bonds. The fraction of sp³-hybridized carbons (Fsp3) is 0.368. The molecule has 0 aliphatic carbocycles. The van der Waals surface area contributed by atoms with Crippen molar-refractivity contribution in [2.75, 3.05) is 0 Å². The van der Waals surface area contributed by atoms with E-state index < -0.39 is 29.4 Å². The van der Waals surface area contributed by atoms with Crippen molar-refractivity contribution >= 4 is 0 Å². The molecule has 0 rings (SSSR count). The first-order chi connectivity index (χ1) is 11.0. The molecule has 0 heterocycles. The van der Waals surface area contributed by atoms with Crippen molar-refractivity contribution in [2.45, 2.75) is 39.2 Å². The molecule has 0 aromatic rings. The van der Waals surface area contributed by atoms with Gasteiger partial charge in [-0.25, -0.2) is 8.78 Å². The molecule has 0 aliphatic rings. The Hall–Kier alpha value is -2.04. The third-order valence-electron chi connectivity index (χ3n) is 3.26. The fourth-order valence-electron chi connectivity index (χ4n) is 1.66. The standard InChI is InChI=1S/C19H24F4O/c1-7-8-9-14(3)19(22,23)24-16(5)12-18(21)17(6)13(2)10-11-15(4)20/h10-12,14H,2,4-9H2,1,3H3/b11-10-,18-12+. The summed E-state index contributed by atoms with van der Waals surface area (Å²) in [4.78, 5) is 0. The zero-order chi connectivity index (χ0) is 18.9. The summed E-state index contributed by atoms with van der Waals surface area (Å²) in [6, 6.07) is 0. The zero-order valence-corrected chi connectivity index (χ0v) is 14.2. The molecule has 0 saturated heterocycles. The zero-order valence-electron chi connectivity index (χ0n) is 14.2. The lowest BCUT2D eigenvalue weighted by Gasteiger charge is -2.24. The molecule has 0 radical (unpaired) electrons. The van der Waals surface area contributed by atoms with Gasteiger partial charge in [-0.15, -0.1) is 0 Å². The van der Waals surface area contributed by atoms with Gasteiger partial charge in [-0.1, -0.05) is 59.1 Å². The van der Waals surface area contributed by atoms with Crippen LogP contribution in [0.2, 0.25) is 0 Å². The average Bonchev–Trinajstić information content (AvgIpc) is 2.48. The van der Waals surface area contributed by atoms with Crippen molar-refractivity contribution in [3.05, 3.63) is 73.1 Å². The second kappa shape index (κ2) is 9.96. The van der Waals surface area contributed by atoms with Gasteiger partial charge < -0.3 is 4.74 Å². The molecule has 5 heteroatoms. The Labute approximate surface area is 141 Å². The van der Waals surface area contributed by atoms with Crippen LogP contribution >= 0.6 is 0 Å². The molecular weight excluding hydrogens is 320 g/mol. The minimum atomic E-state index is -3.45. The molecule has 0 N–H and O–H groups in total. The summed E-state index contributed by atoms with van der Waals surface area (Å²) in [7, 11) is 0. The van der Waals surface area contributed by atoms with Crippen molar-refractivity contribution in [2.24, 2.45) is 5.92 Å². The van der Waals surface area contributed by atoms with Gasteiger partial charge in [0, 0.05) is 11.6 Å². The largest absolute Gasteiger partial charge is 0.433 e. The molecule has 0 aromatic heterocycles. The molecule has 24 heavy (non-hydrogen) atoms. The molecule has 0 aliphatic heterocycles. The molecule has 0 saturated carbocycles. The van der Waals surface area contributed by atoms with Crippen LogP contribution in [0.4, 0.5) is 17.6 Å². The Morgan fingerprint density at radius 3 is 2.21 bits per heavy atom. The second-order valence-corrected chi connectivity index (χ2v) is 5.45. The lowest BCUT2D eigenvalue weighted by atomic mass is 10.0. The average molecular weight is 344 g/mol. The number of hydrogen-bond donors (Lipinski definition) is 0. The topological polar surface area (TPSA) is 9.23 Å². The Morgan fingerprint density at radius 1 is 1.12 bits per heavy atom. The highest BCUT2D eigenvalue weighted by Gasteiger charge is 2.38. The van der Waals surface area contributed by atoms with Crippen molar-refractivity contribution in [3.63, 3.8) is 0 Å². The molecule has 1 unspecified atom stereocenters. The maximum absolute atomic E-state index is 14.0. The molecule has 0 fully saturated rings. The summed E-state index contributed by atoms with van der Waals surface area (Å²) in [5.74, 6) is -3.24. The number of allylic oxidation sites excluding steroid dienone is 7. The van der Waals surface area contributed by atoms with Gasteiger partial charge >= 0.3 is 6.11 Å². The van der Waals surface area contributed by atoms with Crippen molar-refractivity contribution < 1.29 is 22.3 Å². The third kappa shape index (κ3) is 7.99. The van der Waals surface area contributed by atoms with E-state index in [-0.39, 0.29) is 17.6 Å². The van der Waals surface area contributed by atoms with E-state index in [1.165, 1.54) is 13.0 Å². The van der Waals surface area contributed by atoms with E-state index in [4.69, 9.17) is 0 Å². The van der Waals surface area contributed by atoms with Gasteiger partial charge in [-0.05, 0) is 18.1 Å². The smallest absolute Gasteiger partial charge is 0.400 e. The first-order valence-electron chi connectivity index (χ1n) is 7.55. The van der Waals surface area contributed by atoms with Crippen LogP contribution in [0.1, 0.15) is 33.1 Å². The number of unbranched alkanes of at least 4 members (excludes halogenated alkanes) is 1. The van der Waals surface area contributed by atoms with Crippen LogP contribution in [-0.2, 0) is 4.74 Å². The van der Waals surface area contributed by atoms with Gasteiger partial charge in [0.2, 0.25) is 0 Å². The van der Waals surface area contributed by atoms with Gasteiger partial charge in [0.25, 0.3) is 0 Å². The SMILES string of the molecule is C=C(F)/C=C\C(=C)C(=C)/C(F)=C\C(=C)OC(F)(F)C(C)CCCC. The van der Waals surface area contributed by atoms with Crippen LogP contribution in [0.25, 0.3) is 0 Å². The number of halogens is 4. The summed E-state index contributed by atoms with van der Waals surface area (Å²) < 4.78 is 58.7. The lowest BCUT2D eigenvalue weighted by Crippen LogP contribution is -2.29. The maximum atomic E-state index is 14.0. The summed E-state index contributed by atoms with van der Waals surface area (Å²) >= 11 is 0. The molecule has 1 atom stereocenters. The summed E-state index contributed by atoms with van der Waals surface area (Å²) in [5, 5.41) is 0. The molecule has 0 aromatic carbocycles. The minimum Gasteiger partial charge on any atom is -0.433 e. The van der Waals surface area contributed by atoms with Crippen LogP contribution in [0, 0.1) is 5.92 Å². The fourth-order valence-corrected chi connectivity index (χ4v) is 1.66. The molecular formula is C19H24F4O. The van der Waals surface area contributed by atoms with Crippen LogP contribution in [0.5, 0.6) is 0 Å². The van der Waals surface area contributed by atoms with Gasteiger partial charge in [0.05, 0.1) is 5.92 Å². The van der Waals surface area contributed by atoms with Crippen LogP contribution in [0.3, 0.4) is 0 Å². The summed E-state index contributed by atoms with van der Waals surface area (Å²) in [6.45, 7) is 16.5. The van der Waals surface area contributed by atoms with E-state index in [1.807, 2.05) is 6.92 Å². The molecule has 0 bridgehead atoms. The van der Waals surface area contributed by atoms with Crippen LogP contribution in [0.15, 0.2) is 73.1 Å². The third-order valence-corrected chi connectivity index (χ3v) is 3.26. The first-order valence-corrected chi connectivity index (χ1v) is 7.55. The van der Waals surface area contributed by atoms with E-state index in [2.05, 4.69) is 31.1 Å². The van der Waals surface area contributed by atoms with E-state index >= 15 is 0 Å². The summed E-state index contributed by atoms with van der Waals surface area (Å²) in [6.07, 6.45) is 1.11. The quantitative estimate of drug-likeness (QED) is 0.224. The van der Waals surface area contributed by atoms with Crippen LogP contribution < -0.4 is 0 Å². The number of alkyl halides is 2. The number of ether oxygens (including phenoxy) is 1. The maximum Gasteiger partial charge on any atom is 0.400 e. The molecule has 134 valence electrons.